The summed E-state index contributed by atoms with van der Waals surface area (Å²) in [6.45, 7) is 0.474. The second kappa shape index (κ2) is 10.2. The smallest absolute Gasteiger partial charge is 0.257 e. The molecule has 7 heteroatoms. The monoisotopic (exact) mass is 518 g/mol. The molecule has 148 valence electrons. The Morgan fingerprint density at radius 2 is 1.83 bits per heavy atom. The molecule has 3 aromatic carbocycles. The van der Waals surface area contributed by atoms with Crippen molar-refractivity contribution >= 4 is 51.5 Å². The molecule has 0 saturated carbocycles. The van der Waals surface area contributed by atoms with Gasteiger partial charge in [0.05, 0.1) is 10.7 Å². The van der Waals surface area contributed by atoms with Crippen LogP contribution >= 0.6 is 34.8 Å². The van der Waals surface area contributed by atoms with Crippen molar-refractivity contribution in [3.63, 3.8) is 0 Å². The van der Waals surface area contributed by atoms with Crippen molar-refractivity contribution < 1.29 is 14.3 Å². The van der Waals surface area contributed by atoms with Crippen LogP contribution in [0.15, 0.2) is 72.8 Å². The summed E-state index contributed by atoms with van der Waals surface area (Å²) in [6.07, 6.45) is 0. The number of benzene rings is 3. The van der Waals surface area contributed by atoms with Crippen LogP contribution in [0.1, 0.15) is 15.9 Å². The van der Waals surface area contributed by atoms with Crippen LogP contribution in [0, 0.1) is 3.57 Å². The van der Waals surface area contributed by atoms with Crippen LogP contribution in [0.5, 0.6) is 11.5 Å². The zero-order valence-corrected chi connectivity index (χ0v) is 18.6. The minimum atomic E-state index is -0.292. The number of ether oxygens (including phenoxy) is 2. The molecule has 0 fully saturated rings. The Balaban J connectivity index is 1.57. The molecule has 0 aliphatic carbocycles. The van der Waals surface area contributed by atoms with Crippen LogP contribution in [0.3, 0.4) is 0 Å². The van der Waals surface area contributed by atoms with Gasteiger partial charge in [-0.05, 0) is 70.7 Å². The lowest BCUT2D eigenvalue weighted by Gasteiger charge is -2.12. The van der Waals surface area contributed by atoms with E-state index < -0.39 is 0 Å². The van der Waals surface area contributed by atoms with Gasteiger partial charge in [0, 0.05) is 17.3 Å². The topological polar surface area (TPSA) is 59.6 Å². The van der Waals surface area contributed by atoms with E-state index in [0.717, 1.165) is 20.6 Å². The summed E-state index contributed by atoms with van der Waals surface area (Å²) in [7, 11) is 1.59. The molecule has 0 aliphatic heterocycles. The van der Waals surface area contributed by atoms with Crippen molar-refractivity contribution in [3.05, 3.63) is 87.5 Å². The lowest BCUT2D eigenvalue weighted by atomic mass is 10.2. The first-order valence-corrected chi connectivity index (χ1v) is 10.3. The number of thiocarbonyl (C=S) groups is 1. The van der Waals surface area contributed by atoms with E-state index in [-0.39, 0.29) is 11.0 Å². The van der Waals surface area contributed by atoms with Crippen molar-refractivity contribution in [1.82, 2.24) is 5.32 Å². The molecule has 3 rings (SSSR count). The summed E-state index contributed by atoms with van der Waals surface area (Å²) < 4.78 is 11.9. The third-order valence-corrected chi connectivity index (χ3v) is 5.03. The molecule has 0 unspecified atom stereocenters. The van der Waals surface area contributed by atoms with Crippen LogP contribution in [0.4, 0.5) is 5.69 Å². The first kappa shape index (κ1) is 21.1. The Labute approximate surface area is 188 Å². The maximum Gasteiger partial charge on any atom is 0.257 e. The van der Waals surface area contributed by atoms with Crippen molar-refractivity contribution in [2.24, 2.45) is 0 Å². The number of nitrogens with one attached hydrogen (secondary N) is 2. The fourth-order valence-corrected chi connectivity index (χ4v) is 3.50. The second-order valence-corrected chi connectivity index (χ2v) is 7.63. The van der Waals surface area contributed by atoms with Gasteiger partial charge in [-0.15, -0.1) is 0 Å². The zero-order valence-electron chi connectivity index (χ0n) is 15.6. The predicted octanol–water partition coefficient (Wildman–Crippen LogP) is 5.01. The molecule has 0 aliphatic rings. The fourth-order valence-electron chi connectivity index (χ4n) is 2.55. The van der Waals surface area contributed by atoms with Crippen molar-refractivity contribution in [2.75, 3.05) is 12.4 Å². The third-order valence-electron chi connectivity index (χ3n) is 3.98. The van der Waals surface area contributed by atoms with Gasteiger partial charge >= 0.3 is 0 Å². The summed E-state index contributed by atoms with van der Waals surface area (Å²) in [5.41, 5.74) is 2.31. The average Bonchev–Trinajstić information content (AvgIpc) is 2.73. The van der Waals surface area contributed by atoms with Gasteiger partial charge in [-0.1, -0.05) is 36.4 Å². The lowest BCUT2D eigenvalue weighted by Crippen LogP contribution is -2.34. The minimum absolute atomic E-state index is 0.209. The molecule has 2 N–H and O–H groups in total. The van der Waals surface area contributed by atoms with Gasteiger partial charge in [0.1, 0.15) is 18.1 Å². The second-order valence-electron chi connectivity index (χ2n) is 6.06. The number of carbonyl (C=O) groups is 1. The number of amides is 1. The van der Waals surface area contributed by atoms with Crippen molar-refractivity contribution in [1.29, 1.82) is 0 Å². The number of methoxy groups -OCH3 is 1. The first-order chi connectivity index (χ1) is 14.0. The molecule has 0 aromatic heterocycles. The highest BCUT2D eigenvalue weighted by atomic mass is 127. The number of carbonyl (C=O) groups excluding carboxylic acids is 1. The van der Waals surface area contributed by atoms with E-state index in [1.807, 2.05) is 54.6 Å². The number of hydrogen-bond donors (Lipinski definition) is 2. The molecule has 0 atom stereocenters. The van der Waals surface area contributed by atoms with E-state index in [2.05, 4.69) is 33.2 Å². The molecule has 0 bridgehead atoms. The Morgan fingerprint density at radius 3 is 2.55 bits per heavy atom. The lowest BCUT2D eigenvalue weighted by molar-refractivity contribution is 0.0977. The summed E-state index contributed by atoms with van der Waals surface area (Å²) >= 11 is 7.39. The quantitative estimate of drug-likeness (QED) is 0.355. The summed E-state index contributed by atoms with van der Waals surface area (Å²) in [6, 6.07) is 22.5. The Morgan fingerprint density at radius 1 is 1.03 bits per heavy atom. The van der Waals surface area contributed by atoms with Crippen molar-refractivity contribution in [3.8, 4) is 11.5 Å². The highest BCUT2D eigenvalue weighted by Crippen LogP contribution is 2.22. The first-order valence-electron chi connectivity index (χ1n) is 8.78. The van der Waals surface area contributed by atoms with Crippen molar-refractivity contribution in [2.45, 2.75) is 6.61 Å². The largest absolute Gasteiger partial charge is 0.496 e. The molecular formula is C22H19IN2O3S. The van der Waals surface area contributed by atoms with Crippen LogP contribution in [-0.4, -0.2) is 18.1 Å². The average molecular weight is 518 g/mol. The minimum Gasteiger partial charge on any atom is -0.496 e. The Kier molecular flexibility index (Phi) is 7.42. The van der Waals surface area contributed by atoms with E-state index in [9.17, 15) is 4.79 Å². The molecule has 29 heavy (non-hydrogen) atoms. The third kappa shape index (κ3) is 6.16. The van der Waals surface area contributed by atoms with Gasteiger partial charge in [-0.2, -0.15) is 0 Å². The van der Waals surface area contributed by atoms with Gasteiger partial charge in [0.15, 0.2) is 5.11 Å². The van der Waals surface area contributed by atoms with E-state index in [1.165, 1.54) is 0 Å². The molecule has 1 amide bonds. The summed E-state index contributed by atoms with van der Waals surface area (Å²) in [5, 5.41) is 5.90. The maximum atomic E-state index is 12.4. The summed E-state index contributed by atoms with van der Waals surface area (Å²) in [4.78, 5) is 12.4. The molecule has 0 saturated heterocycles. The molecule has 5 nitrogen and oxygen atoms in total. The molecule has 0 radical (unpaired) electrons. The Hall–Kier alpha value is -2.65. The van der Waals surface area contributed by atoms with Gasteiger partial charge in [-0.25, -0.2) is 0 Å². The summed E-state index contributed by atoms with van der Waals surface area (Å²) in [5.74, 6) is 1.13. The van der Waals surface area contributed by atoms with E-state index in [4.69, 9.17) is 21.7 Å². The van der Waals surface area contributed by atoms with Gasteiger partial charge in [-0.3, -0.25) is 10.1 Å². The van der Waals surface area contributed by atoms with E-state index in [0.29, 0.717) is 17.9 Å². The standard InChI is InChI=1S/C22H19IN2O3S/c1-27-20-11-10-16(12-19(20)23)21(26)25-22(29)24-17-8-5-9-18(13-17)28-14-15-6-3-2-4-7-15/h2-13H,14H2,1H3,(H2,24,25,26,29). The number of hydrogen-bond acceptors (Lipinski definition) is 4. The van der Waals surface area contributed by atoms with Crippen LogP contribution in [0.2, 0.25) is 0 Å². The maximum absolute atomic E-state index is 12.4. The molecule has 0 heterocycles. The van der Waals surface area contributed by atoms with Gasteiger partial charge < -0.3 is 14.8 Å². The Bertz CT molecular complexity index is 1010. The van der Waals surface area contributed by atoms with Gasteiger partial charge in [0.2, 0.25) is 0 Å². The van der Waals surface area contributed by atoms with Gasteiger partial charge in [0.25, 0.3) is 5.91 Å². The normalized spacial score (nSPS) is 10.1. The SMILES string of the molecule is COc1ccc(C(=O)NC(=S)Nc2cccc(OCc3ccccc3)c2)cc1I. The number of anilines is 1. The zero-order chi connectivity index (χ0) is 20.6. The molecule has 3 aromatic rings. The highest BCUT2D eigenvalue weighted by molar-refractivity contribution is 14.1. The van der Waals surface area contributed by atoms with Crippen LogP contribution in [0.25, 0.3) is 0 Å². The van der Waals surface area contributed by atoms with Crippen LogP contribution < -0.4 is 20.1 Å². The van der Waals surface area contributed by atoms with Crippen LogP contribution in [-0.2, 0) is 6.61 Å². The fraction of sp³-hybridized carbons (Fsp3) is 0.0909. The number of rotatable bonds is 6. The molecule has 0 spiro atoms. The molecular weight excluding hydrogens is 499 g/mol. The number of halogens is 1. The van der Waals surface area contributed by atoms with E-state index in [1.54, 1.807) is 25.3 Å². The predicted molar refractivity (Wildman–Crippen MR) is 127 cm³/mol. The van der Waals surface area contributed by atoms with E-state index >= 15 is 0 Å². The highest BCUT2D eigenvalue weighted by Gasteiger charge is 2.11.